The SMILES string of the molecule is CCC1=CC=C2n3c(S)cnc3N3C=CC=CC23C1. The van der Waals surface area contributed by atoms with E-state index in [1.807, 2.05) is 6.20 Å². The Morgan fingerprint density at radius 3 is 3.11 bits per heavy atom. The molecule has 19 heavy (non-hydrogen) atoms. The van der Waals surface area contributed by atoms with Crippen LogP contribution in [0.4, 0.5) is 5.95 Å². The third-order valence-electron chi connectivity index (χ3n) is 4.20. The molecule has 0 N–H and O–H groups in total. The lowest BCUT2D eigenvalue weighted by atomic mass is 9.81. The highest BCUT2D eigenvalue weighted by Crippen LogP contribution is 2.50. The summed E-state index contributed by atoms with van der Waals surface area (Å²) in [6.07, 6.45) is 17.0. The van der Waals surface area contributed by atoms with Crippen molar-refractivity contribution in [3.8, 4) is 0 Å². The summed E-state index contributed by atoms with van der Waals surface area (Å²) in [4.78, 5) is 6.78. The molecule has 0 saturated heterocycles. The molecule has 3 heterocycles. The second kappa shape index (κ2) is 3.67. The molecule has 1 spiro atoms. The zero-order chi connectivity index (χ0) is 13.0. The van der Waals surface area contributed by atoms with Crippen molar-refractivity contribution in [1.29, 1.82) is 0 Å². The van der Waals surface area contributed by atoms with E-state index in [4.69, 9.17) is 0 Å². The summed E-state index contributed by atoms with van der Waals surface area (Å²) < 4.78 is 2.14. The van der Waals surface area contributed by atoms with Crippen LogP contribution in [-0.2, 0) is 0 Å². The van der Waals surface area contributed by atoms with Crippen molar-refractivity contribution < 1.29 is 0 Å². The Kier molecular flexibility index (Phi) is 2.16. The lowest BCUT2D eigenvalue weighted by Gasteiger charge is -2.39. The lowest BCUT2D eigenvalue weighted by molar-refractivity contribution is 0.622. The number of nitrogens with zero attached hydrogens (tertiary/aromatic N) is 3. The van der Waals surface area contributed by atoms with E-state index in [0.29, 0.717) is 0 Å². The van der Waals surface area contributed by atoms with Crippen LogP contribution in [0.3, 0.4) is 0 Å². The molecule has 1 atom stereocenters. The molecule has 0 aromatic carbocycles. The van der Waals surface area contributed by atoms with E-state index in [0.717, 1.165) is 23.8 Å². The summed E-state index contributed by atoms with van der Waals surface area (Å²) in [7, 11) is 0. The zero-order valence-electron chi connectivity index (χ0n) is 10.7. The lowest BCUT2D eigenvalue weighted by Crippen LogP contribution is -2.44. The Labute approximate surface area is 118 Å². The summed E-state index contributed by atoms with van der Waals surface area (Å²) >= 11 is 4.54. The van der Waals surface area contributed by atoms with Gasteiger partial charge in [-0.2, -0.15) is 0 Å². The summed E-state index contributed by atoms with van der Waals surface area (Å²) in [5, 5.41) is 0.894. The number of anilines is 1. The topological polar surface area (TPSA) is 21.1 Å². The summed E-state index contributed by atoms with van der Waals surface area (Å²) in [6.45, 7) is 2.21. The van der Waals surface area contributed by atoms with Crippen LogP contribution in [0.15, 0.2) is 53.4 Å². The van der Waals surface area contributed by atoms with Crippen molar-refractivity contribution in [3.63, 3.8) is 0 Å². The second-order valence-corrected chi connectivity index (χ2v) is 5.61. The van der Waals surface area contributed by atoms with Crippen LogP contribution in [0.25, 0.3) is 5.70 Å². The minimum absolute atomic E-state index is 0.101. The molecule has 1 aromatic rings. The van der Waals surface area contributed by atoms with Crippen LogP contribution >= 0.6 is 12.6 Å². The first-order valence-corrected chi connectivity index (χ1v) is 7.03. The molecule has 2 aliphatic heterocycles. The molecule has 0 bridgehead atoms. The predicted molar refractivity (Wildman–Crippen MR) is 80.2 cm³/mol. The van der Waals surface area contributed by atoms with Crippen molar-refractivity contribution in [2.75, 3.05) is 4.90 Å². The largest absolute Gasteiger partial charge is 0.303 e. The normalized spacial score (nSPS) is 26.7. The van der Waals surface area contributed by atoms with Crippen molar-refractivity contribution in [1.82, 2.24) is 9.55 Å². The van der Waals surface area contributed by atoms with Gasteiger partial charge >= 0.3 is 0 Å². The van der Waals surface area contributed by atoms with Gasteiger partial charge in [-0.15, -0.1) is 12.6 Å². The fourth-order valence-corrected chi connectivity index (χ4v) is 3.50. The first kappa shape index (κ1) is 11.2. The van der Waals surface area contributed by atoms with Gasteiger partial charge in [0.25, 0.3) is 0 Å². The van der Waals surface area contributed by atoms with Crippen LogP contribution in [0.2, 0.25) is 0 Å². The summed E-state index contributed by atoms with van der Waals surface area (Å²) in [5.74, 6) is 0.961. The van der Waals surface area contributed by atoms with Gasteiger partial charge in [-0.3, -0.25) is 4.57 Å². The molecule has 1 unspecified atom stereocenters. The Balaban J connectivity index is 1.99. The van der Waals surface area contributed by atoms with Crippen molar-refractivity contribution in [2.24, 2.45) is 0 Å². The van der Waals surface area contributed by atoms with Gasteiger partial charge in [0.2, 0.25) is 5.95 Å². The van der Waals surface area contributed by atoms with Gasteiger partial charge in [0.1, 0.15) is 5.54 Å². The van der Waals surface area contributed by atoms with Crippen molar-refractivity contribution >= 4 is 24.3 Å². The number of hydrogen-bond acceptors (Lipinski definition) is 3. The molecule has 3 aliphatic rings. The van der Waals surface area contributed by atoms with Crippen molar-refractivity contribution in [2.45, 2.75) is 30.3 Å². The van der Waals surface area contributed by atoms with Crippen LogP contribution in [0.1, 0.15) is 19.8 Å². The predicted octanol–water partition coefficient (Wildman–Crippen LogP) is 3.40. The smallest absolute Gasteiger partial charge is 0.216 e. The Bertz CT molecular complexity index is 678. The highest BCUT2D eigenvalue weighted by Gasteiger charge is 2.49. The highest BCUT2D eigenvalue weighted by molar-refractivity contribution is 7.80. The summed E-state index contributed by atoms with van der Waals surface area (Å²) in [6, 6.07) is 0. The summed E-state index contributed by atoms with van der Waals surface area (Å²) in [5.41, 5.74) is 2.62. The van der Waals surface area contributed by atoms with Gasteiger partial charge in [0, 0.05) is 12.6 Å². The number of imidazole rings is 1. The molecule has 1 aliphatic carbocycles. The van der Waals surface area contributed by atoms with Gasteiger partial charge in [-0.1, -0.05) is 30.7 Å². The van der Waals surface area contributed by atoms with Crippen LogP contribution in [0, 0.1) is 0 Å². The number of fused-ring (bicyclic) bond motifs is 3. The van der Waals surface area contributed by atoms with Gasteiger partial charge in [0.05, 0.1) is 16.9 Å². The fraction of sp³-hybridized carbons (Fsp3) is 0.267. The maximum absolute atomic E-state index is 4.54. The quantitative estimate of drug-likeness (QED) is 0.789. The van der Waals surface area contributed by atoms with Crippen LogP contribution in [-0.4, -0.2) is 15.1 Å². The molecule has 1 aromatic heterocycles. The van der Waals surface area contributed by atoms with Crippen molar-refractivity contribution in [3.05, 3.63) is 48.4 Å². The van der Waals surface area contributed by atoms with E-state index in [1.165, 1.54) is 11.3 Å². The number of hydrogen-bond donors (Lipinski definition) is 1. The Hall–Kier alpha value is -1.68. The van der Waals surface area contributed by atoms with E-state index in [9.17, 15) is 0 Å². The van der Waals surface area contributed by atoms with E-state index >= 15 is 0 Å². The molecular weight excluding hydrogens is 254 g/mol. The zero-order valence-corrected chi connectivity index (χ0v) is 11.6. The number of thiol groups is 1. The first-order chi connectivity index (χ1) is 9.26. The van der Waals surface area contributed by atoms with Gasteiger partial charge in [-0.05, 0) is 18.6 Å². The molecule has 0 radical (unpaired) electrons. The maximum Gasteiger partial charge on any atom is 0.216 e. The molecule has 4 heteroatoms. The number of allylic oxidation sites excluding steroid dienone is 4. The fourth-order valence-electron chi connectivity index (χ4n) is 3.24. The molecule has 0 saturated carbocycles. The first-order valence-electron chi connectivity index (χ1n) is 6.59. The molecular formula is C15H15N3S. The molecule has 0 amide bonds. The standard InChI is InChI=1S/C15H15N3S/c1-2-11-5-6-12-15(9-11)7-3-4-8-17(15)14-16-10-13(19)18(12)14/h3-8,10,19H,2,9H2,1H3. The molecule has 4 rings (SSSR count). The number of aromatic nitrogens is 2. The third kappa shape index (κ3) is 1.27. The van der Waals surface area contributed by atoms with Crippen LogP contribution in [0.5, 0.6) is 0 Å². The van der Waals surface area contributed by atoms with Gasteiger partial charge < -0.3 is 4.90 Å². The molecule has 0 fully saturated rings. The minimum Gasteiger partial charge on any atom is -0.303 e. The Morgan fingerprint density at radius 2 is 2.26 bits per heavy atom. The molecule has 96 valence electrons. The maximum atomic E-state index is 4.54. The third-order valence-corrected chi connectivity index (χ3v) is 4.52. The average molecular weight is 269 g/mol. The highest BCUT2D eigenvalue weighted by atomic mass is 32.1. The van der Waals surface area contributed by atoms with Crippen LogP contribution < -0.4 is 4.90 Å². The Morgan fingerprint density at radius 1 is 1.37 bits per heavy atom. The van der Waals surface area contributed by atoms with E-state index in [1.54, 1.807) is 0 Å². The minimum atomic E-state index is -0.101. The van der Waals surface area contributed by atoms with Gasteiger partial charge in [-0.25, -0.2) is 4.98 Å². The number of rotatable bonds is 1. The van der Waals surface area contributed by atoms with E-state index in [2.05, 4.69) is 70.6 Å². The second-order valence-electron chi connectivity index (χ2n) is 5.15. The molecule has 3 nitrogen and oxygen atoms in total. The van der Waals surface area contributed by atoms with Gasteiger partial charge in [0.15, 0.2) is 0 Å². The monoisotopic (exact) mass is 269 g/mol. The van der Waals surface area contributed by atoms with E-state index in [-0.39, 0.29) is 5.54 Å². The average Bonchev–Trinajstić information content (AvgIpc) is 2.94. The van der Waals surface area contributed by atoms with E-state index < -0.39 is 0 Å².